The summed E-state index contributed by atoms with van der Waals surface area (Å²) >= 11 is 0. The third kappa shape index (κ3) is 3.69. The first-order chi connectivity index (χ1) is 12.0. The predicted octanol–water partition coefficient (Wildman–Crippen LogP) is 1.49. The molecule has 2 amide bonds. The first-order valence-electron chi connectivity index (χ1n) is 7.89. The van der Waals surface area contributed by atoms with E-state index in [0.29, 0.717) is 37.3 Å². The van der Waals surface area contributed by atoms with Crippen molar-refractivity contribution in [3.8, 4) is 11.3 Å². The number of carbonyl (C=O) groups is 2. The minimum Gasteiger partial charge on any atom is -0.381 e. The minimum absolute atomic E-state index is 0.0223. The van der Waals surface area contributed by atoms with Crippen LogP contribution in [0, 0.1) is 11.2 Å². The molecule has 2 heterocycles. The van der Waals surface area contributed by atoms with Crippen LogP contribution in [0.1, 0.15) is 23.4 Å². The van der Waals surface area contributed by atoms with E-state index in [-0.39, 0.29) is 12.3 Å². The lowest BCUT2D eigenvalue weighted by atomic mass is 9.79. The number of nitrogens with one attached hydrogen (secondary N) is 1. The Hall–Kier alpha value is -2.74. The molecule has 2 aromatic rings. The summed E-state index contributed by atoms with van der Waals surface area (Å²) in [5, 5.41) is 6.45. The van der Waals surface area contributed by atoms with Crippen LogP contribution in [-0.4, -0.2) is 36.7 Å². The summed E-state index contributed by atoms with van der Waals surface area (Å²) in [6.45, 7) is 0.941. The molecule has 0 saturated carbocycles. The van der Waals surface area contributed by atoms with Crippen molar-refractivity contribution < 1.29 is 23.2 Å². The highest BCUT2D eigenvalue weighted by Crippen LogP contribution is 2.29. The molecule has 132 valence electrons. The third-order valence-corrected chi connectivity index (χ3v) is 4.41. The van der Waals surface area contributed by atoms with E-state index in [1.54, 1.807) is 12.1 Å². The Kier molecular flexibility index (Phi) is 4.80. The van der Waals surface area contributed by atoms with Gasteiger partial charge in [0.15, 0.2) is 0 Å². The molecule has 1 aromatic carbocycles. The SMILES string of the molecule is NC(=O)C1(CNC(=O)c2cc(-c3cccc(F)c3)no2)CCOCC1. The molecule has 0 bridgehead atoms. The molecule has 1 aromatic heterocycles. The standard InChI is InChI=1S/C17H18FN3O4/c18-12-3-1-2-11(8-12)13-9-14(25-21-13)15(22)20-10-17(16(19)23)4-6-24-7-5-17/h1-3,8-9H,4-7,10H2,(H2,19,23)(H,20,22). The lowest BCUT2D eigenvalue weighted by Crippen LogP contribution is -2.49. The number of hydrogen-bond acceptors (Lipinski definition) is 5. The van der Waals surface area contributed by atoms with Gasteiger partial charge in [-0.15, -0.1) is 0 Å². The van der Waals surface area contributed by atoms with Gasteiger partial charge in [-0.2, -0.15) is 0 Å². The average Bonchev–Trinajstić information content (AvgIpc) is 3.10. The highest BCUT2D eigenvalue weighted by molar-refractivity contribution is 5.93. The normalized spacial score (nSPS) is 16.4. The first kappa shape index (κ1) is 17.1. The fourth-order valence-electron chi connectivity index (χ4n) is 2.78. The number of ether oxygens (including phenoxy) is 1. The van der Waals surface area contributed by atoms with Crippen molar-refractivity contribution in [2.75, 3.05) is 19.8 Å². The maximum absolute atomic E-state index is 13.3. The second-order valence-electron chi connectivity index (χ2n) is 6.03. The zero-order chi connectivity index (χ0) is 17.9. The predicted molar refractivity (Wildman–Crippen MR) is 85.9 cm³/mol. The lowest BCUT2D eigenvalue weighted by molar-refractivity contribution is -0.132. The second kappa shape index (κ2) is 7.02. The van der Waals surface area contributed by atoms with Crippen molar-refractivity contribution in [1.29, 1.82) is 0 Å². The Labute approximate surface area is 143 Å². The van der Waals surface area contributed by atoms with E-state index in [0.717, 1.165) is 0 Å². The number of nitrogens with zero attached hydrogens (tertiary/aromatic N) is 1. The molecule has 1 aliphatic rings. The van der Waals surface area contributed by atoms with E-state index in [4.69, 9.17) is 15.0 Å². The molecular formula is C17H18FN3O4. The molecule has 0 unspecified atom stereocenters. The van der Waals surface area contributed by atoms with E-state index < -0.39 is 23.0 Å². The maximum Gasteiger partial charge on any atom is 0.289 e. The van der Waals surface area contributed by atoms with E-state index >= 15 is 0 Å². The van der Waals surface area contributed by atoms with Crippen molar-refractivity contribution >= 4 is 11.8 Å². The Morgan fingerprint density at radius 2 is 2.04 bits per heavy atom. The largest absolute Gasteiger partial charge is 0.381 e. The molecule has 25 heavy (non-hydrogen) atoms. The van der Waals surface area contributed by atoms with Crippen molar-refractivity contribution in [2.45, 2.75) is 12.8 Å². The van der Waals surface area contributed by atoms with E-state index in [9.17, 15) is 14.0 Å². The Morgan fingerprint density at radius 3 is 2.72 bits per heavy atom. The highest BCUT2D eigenvalue weighted by atomic mass is 19.1. The van der Waals surface area contributed by atoms with Crippen molar-refractivity contribution in [1.82, 2.24) is 10.5 Å². The summed E-state index contributed by atoms with van der Waals surface area (Å²) < 4.78 is 23.5. The lowest BCUT2D eigenvalue weighted by Gasteiger charge is -2.34. The molecule has 8 heteroatoms. The number of carbonyl (C=O) groups excluding carboxylic acids is 2. The number of amides is 2. The van der Waals surface area contributed by atoms with Gasteiger partial charge >= 0.3 is 0 Å². The van der Waals surface area contributed by atoms with Gasteiger partial charge in [0, 0.05) is 31.4 Å². The molecule has 3 N–H and O–H groups in total. The van der Waals surface area contributed by atoms with Gasteiger partial charge in [0.05, 0.1) is 5.41 Å². The smallest absolute Gasteiger partial charge is 0.289 e. The summed E-state index contributed by atoms with van der Waals surface area (Å²) in [6, 6.07) is 7.23. The van der Waals surface area contributed by atoms with Gasteiger partial charge in [0.1, 0.15) is 11.5 Å². The molecule has 1 fully saturated rings. The molecule has 0 radical (unpaired) electrons. The zero-order valence-electron chi connectivity index (χ0n) is 13.5. The van der Waals surface area contributed by atoms with Crippen LogP contribution in [0.4, 0.5) is 4.39 Å². The summed E-state index contributed by atoms with van der Waals surface area (Å²) in [5.74, 6) is -1.41. The molecule has 7 nitrogen and oxygen atoms in total. The summed E-state index contributed by atoms with van der Waals surface area (Å²) in [4.78, 5) is 24.1. The topological polar surface area (TPSA) is 107 Å². The molecule has 0 atom stereocenters. The van der Waals surface area contributed by atoms with E-state index in [1.165, 1.54) is 18.2 Å². The zero-order valence-corrected chi connectivity index (χ0v) is 13.5. The van der Waals surface area contributed by atoms with Crippen molar-refractivity contribution in [2.24, 2.45) is 11.1 Å². The molecule has 0 aliphatic carbocycles. The van der Waals surface area contributed by atoms with Crippen LogP contribution >= 0.6 is 0 Å². The van der Waals surface area contributed by atoms with Crippen LogP contribution < -0.4 is 11.1 Å². The van der Waals surface area contributed by atoms with Crippen LogP contribution in [0.3, 0.4) is 0 Å². The Bertz CT molecular complexity index is 784. The average molecular weight is 347 g/mol. The first-order valence-corrected chi connectivity index (χ1v) is 7.89. The van der Waals surface area contributed by atoms with Crippen LogP contribution in [0.5, 0.6) is 0 Å². The number of primary amides is 1. The Balaban J connectivity index is 1.68. The molecule has 1 aliphatic heterocycles. The molecular weight excluding hydrogens is 329 g/mol. The van der Waals surface area contributed by atoms with Crippen molar-refractivity contribution in [3.05, 3.63) is 41.9 Å². The molecule has 1 saturated heterocycles. The second-order valence-corrected chi connectivity index (χ2v) is 6.03. The number of nitrogens with two attached hydrogens (primary N) is 1. The van der Waals surface area contributed by atoms with Gasteiger partial charge in [-0.1, -0.05) is 17.3 Å². The summed E-state index contributed by atoms with van der Waals surface area (Å²) in [7, 11) is 0. The van der Waals surface area contributed by atoms with Crippen LogP contribution in [0.2, 0.25) is 0 Å². The van der Waals surface area contributed by atoms with Gasteiger partial charge in [-0.3, -0.25) is 9.59 Å². The third-order valence-electron chi connectivity index (χ3n) is 4.41. The van der Waals surface area contributed by atoms with Crippen LogP contribution in [0.25, 0.3) is 11.3 Å². The van der Waals surface area contributed by atoms with Gasteiger partial charge in [-0.25, -0.2) is 4.39 Å². The number of aromatic nitrogens is 1. The van der Waals surface area contributed by atoms with Gasteiger partial charge in [0.25, 0.3) is 5.91 Å². The van der Waals surface area contributed by atoms with E-state index in [1.807, 2.05) is 0 Å². The number of halogens is 1. The quantitative estimate of drug-likeness (QED) is 0.852. The van der Waals surface area contributed by atoms with Gasteiger partial charge in [-0.05, 0) is 25.0 Å². The Morgan fingerprint density at radius 1 is 1.28 bits per heavy atom. The van der Waals surface area contributed by atoms with Crippen molar-refractivity contribution in [3.63, 3.8) is 0 Å². The number of rotatable bonds is 5. The summed E-state index contributed by atoms with van der Waals surface area (Å²) in [5.41, 5.74) is 5.53. The van der Waals surface area contributed by atoms with Crippen LogP contribution in [-0.2, 0) is 9.53 Å². The summed E-state index contributed by atoms with van der Waals surface area (Å²) in [6.07, 6.45) is 0.904. The number of benzene rings is 1. The fraction of sp³-hybridized carbons (Fsp3) is 0.353. The van der Waals surface area contributed by atoms with Gasteiger partial charge < -0.3 is 20.3 Å². The van der Waals surface area contributed by atoms with E-state index in [2.05, 4.69) is 10.5 Å². The van der Waals surface area contributed by atoms with Gasteiger partial charge in [0.2, 0.25) is 11.7 Å². The highest BCUT2D eigenvalue weighted by Gasteiger charge is 2.39. The number of hydrogen-bond donors (Lipinski definition) is 2. The van der Waals surface area contributed by atoms with Crippen LogP contribution in [0.15, 0.2) is 34.9 Å². The fourth-order valence-corrected chi connectivity index (χ4v) is 2.78. The minimum atomic E-state index is -0.820. The monoisotopic (exact) mass is 347 g/mol. The molecule has 3 rings (SSSR count). The maximum atomic E-state index is 13.3. The molecule has 0 spiro atoms.